The fourth-order valence-corrected chi connectivity index (χ4v) is 6.75. The third-order valence-corrected chi connectivity index (χ3v) is 8.83. The lowest BCUT2D eigenvalue weighted by Gasteiger charge is -2.34. The summed E-state index contributed by atoms with van der Waals surface area (Å²) >= 11 is 0. The fraction of sp³-hybridized carbons (Fsp3) is 0.300. The molecule has 0 bridgehead atoms. The highest BCUT2D eigenvalue weighted by atomic mass is 32.2. The van der Waals surface area contributed by atoms with Crippen LogP contribution in [-0.2, 0) is 32.8 Å². The second-order valence-electron chi connectivity index (χ2n) is 10.1. The molecule has 4 rings (SSSR count). The van der Waals surface area contributed by atoms with Gasteiger partial charge in [0.05, 0.1) is 12.0 Å². The van der Waals surface area contributed by atoms with Crippen molar-refractivity contribution in [3.05, 3.63) is 95.2 Å². The number of aromatic nitrogens is 1. The van der Waals surface area contributed by atoms with Gasteiger partial charge in [-0.3, -0.25) is 9.63 Å². The Labute approximate surface area is 235 Å². The lowest BCUT2D eigenvalue weighted by atomic mass is 10.0. The van der Waals surface area contributed by atoms with E-state index in [1.54, 1.807) is 39.8 Å². The summed E-state index contributed by atoms with van der Waals surface area (Å²) in [6, 6.07) is 19.0. The molecule has 0 radical (unpaired) electrons. The van der Waals surface area contributed by atoms with Crippen LogP contribution < -0.4 is 10.6 Å². The molecule has 1 atom stereocenters. The SMILES string of the molecule is COc1cc(C)c(S(=O)(=O)N(Cc2ccc3[nH]ccc3c2)C(C(=O)N(N)OCc2ccccc2)C(C)C)cc1C. The second kappa shape index (κ2) is 12.2. The highest BCUT2D eigenvalue weighted by Gasteiger charge is 2.41. The van der Waals surface area contributed by atoms with Crippen molar-refractivity contribution >= 4 is 26.8 Å². The maximum absolute atomic E-state index is 14.4. The predicted octanol–water partition coefficient (Wildman–Crippen LogP) is 4.84. The standard InChI is InChI=1S/C30H36N4O5S/c1-20(2)29(30(35)34(31)39-19-23-9-7-6-8-10-23)33(18-24-11-12-26-25(17-24)13-14-32-26)40(36,37)28-16-21(3)27(38-5)15-22(28)4/h6-17,20,29,32H,18-19,31H2,1-5H3. The third kappa shape index (κ3) is 6.20. The molecule has 40 heavy (non-hydrogen) atoms. The average molecular weight is 565 g/mol. The van der Waals surface area contributed by atoms with Gasteiger partial charge in [-0.2, -0.15) is 4.31 Å². The summed E-state index contributed by atoms with van der Waals surface area (Å²) in [6.07, 6.45) is 1.82. The zero-order valence-electron chi connectivity index (χ0n) is 23.4. The molecule has 0 aliphatic heterocycles. The number of hydrazine groups is 1. The molecule has 0 saturated heterocycles. The molecule has 0 aliphatic carbocycles. The van der Waals surface area contributed by atoms with Gasteiger partial charge in [0, 0.05) is 18.3 Å². The number of aromatic amines is 1. The number of ether oxygens (including phenoxy) is 1. The van der Waals surface area contributed by atoms with Crippen molar-refractivity contribution in [3.63, 3.8) is 0 Å². The Morgan fingerprint density at radius 1 is 0.975 bits per heavy atom. The smallest absolute Gasteiger partial charge is 0.279 e. The number of nitrogens with zero attached hydrogens (tertiary/aromatic N) is 2. The molecule has 9 nitrogen and oxygen atoms in total. The van der Waals surface area contributed by atoms with Crippen molar-refractivity contribution in [2.75, 3.05) is 7.11 Å². The van der Waals surface area contributed by atoms with Gasteiger partial charge in [0.2, 0.25) is 10.0 Å². The van der Waals surface area contributed by atoms with Gasteiger partial charge in [-0.1, -0.05) is 50.2 Å². The summed E-state index contributed by atoms with van der Waals surface area (Å²) in [4.78, 5) is 22.6. The number of H-pyrrole nitrogens is 1. The van der Waals surface area contributed by atoms with E-state index in [1.807, 2.05) is 60.8 Å². The van der Waals surface area contributed by atoms with Crippen LogP contribution in [0.3, 0.4) is 0 Å². The van der Waals surface area contributed by atoms with Crippen molar-refractivity contribution < 1.29 is 22.8 Å². The van der Waals surface area contributed by atoms with Gasteiger partial charge in [-0.15, -0.1) is 5.17 Å². The van der Waals surface area contributed by atoms with Gasteiger partial charge in [-0.25, -0.2) is 14.3 Å². The Bertz CT molecular complexity index is 1580. The van der Waals surface area contributed by atoms with Crippen molar-refractivity contribution in [1.29, 1.82) is 0 Å². The van der Waals surface area contributed by atoms with Gasteiger partial charge in [0.25, 0.3) is 5.91 Å². The zero-order valence-corrected chi connectivity index (χ0v) is 24.2. The highest BCUT2D eigenvalue weighted by molar-refractivity contribution is 7.89. The number of hydrogen-bond donors (Lipinski definition) is 2. The number of aryl methyl sites for hydroxylation is 2. The number of hydrogen-bond acceptors (Lipinski definition) is 6. The molecule has 1 aromatic heterocycles. The number of benzene rings is 3. The van der Waals surface area contributed by atoms with E-state index in [0.717, 1.165) is 22.0 Å². The molecule has 3 N–H and O–H groups in total. The van der Waals surface area contributed by atoms with Crippen LogP contribution >= 0.6 is 0 Å². The van der Waals surface area contributed by atoms with Crippen molar-refractivity contribution in [2.24, 2.45) is 11.8 Å². The molecule has 1 amide bonds. The third-order valence-electron chi connectivity index (χ3n) is 6.86. The Morgan fingerprint density at radius 3 is 2.38 bits per heavy atom. The highest BCUT2D eigenvalue weighted by Crippen LogP contribution is 2.32. The molecule has 10 heteroatoms. The molecule has 0 saturated carbocycles. The topological polar surface area (TPSA) is 118 Å². The molecule has 4 aromatic rings. The average Bonchev–Trinajstić information content (AvgIpc) is 3.40. The van der Waals surface area contributed by atoms with Crippen LogP contribution in [0.2, 0.25) is 0 Å². The van der Waals surface area contributed by atoms with Gasteiger partial charge < -0.3 is 9.72 Å². The summed E-state index contributed by atoms with van der Waals surface area (Å²) in [5.74, 6) is 5.58. The van der Waals surface area contributed by atoms with Crippen LogP contribution in [-0.4, -0.2) is 41.9 Å². The number of fused-ring (bicyclic) bond motifs is 1. The second-order valence-corrected chi connectivity index (χ2v) is 12.0. The Balaban J connectivity index is 1.75. The lowest BCUT2D eigenvalue weighted by Crippen LogP contribution is -2.54. The van der Waals surface area contributed by atoms with E-state index in [-0.39, 0.29) is 18.0 Å². The monoisotopic (exact) mass is 564 g/mol. The largest absolute Gasteiger partial charge is 0.496 e. The number of nitrogens with one attached hydrogen (secondary N) is 1. The Hall–Kier alpha value is -3.70. The van der Waals surface area contributed by atoms with Crippen LogP contribution in [0.1, 0.15) is 36.1 Å². The van der Waals surface area contributed by atoms with Crippen LogP contribution in [0, 0.1) is 19.8 Å². The van der Waals surface area contributed by atoms with Crippen molar-refractivity contribution in [3.8, 4) is 5.75 Å². The summed E-state index contributed by atoms with van der Waals surface area (Å²) < 4.78 is 35.4. The summed E-state index contributed by atoms with van der Waals surface area (Å²) in [6.45, 7) is 7.08. The van der Waals surface area contributed by atoms with Crippen molar-refractivity contribution in [1.82, 2.24) is 14.5 Å². The van der Waals surface area contributed by atoms with Crippen LogP contribution in [0.25, 0.3) is 10.9 Å². The molecule has 0 aliphatic rings. The maximum atomic E-state index is 14.4. The number of hydroxylamine groups is 1. The normalized spacial score (nSPS) is 12.7. The Kier molecular flexibility index (Phi) is 8.95. The maximum Gasteiger partial charge on any atom is 0.279 e. The number of carbonyl (C=O) groups is 1. The van der Waals surface area contributed by atoms with Crippen LogP contribution in [0.15, 0.2) is 77.8 Å². The van der Waals surface area contributed by atoms with E-state index in [9.17, 15) is 13.2 Å². The zero-order chi connectivity index (χ0) is 29.0. The minimum Gasteiger partial charge on any atom is -0.496 e. The van der Waals surface area contributed by atoms with Crippen LogP contribution in [0.5, 0.6) is 5.75 Å². The van der Waals surface area contributed by atoms with E-state index in [1.165, 1.54) is 11.4 Å². The van der Waals surface area contributed by atoms with E-state index < -0.39 is 27.9 Å². The first-order valence-corrected chi connectivity index (χ1v) is 14.5. The van der Waals surface area contributed by atoms with Gasteiger partial charge in [0.1, 0.15) is 18.4 Å². The lowest BCUT2D eigenvalue weighted by molar-refractivity contribution is -0.198. The molecule has 3 aromatic carbocycles. The Morgan fingerprint density at radius 2 is 1.70 bits per heavy atom. The van der Waals surface area contributed by atoms with Gasteiger partial charge >= 0.3 is 0 Å². The quantitative estimate of drug-likeness (QED) is 0.153. The number of methoxy groups -OCH3 is 1. The van der Waals surface area contributed by atoms with Crippen LogP contribution in [0.4, 0.5) is 0 Å². The minimum absolute atomic E-state index is 0.0465. The number of nitrogens with two attached hydrogens (primary N) is 1. The summed E-state index contributed by atoms with van der Waals surface area (Å²) in [5.41, 5.74) is 3.65. The predicted molar refractivity (Wildman–Crippen MR) is 154 cm³/mol. The number of amides is 1. The first kappa shape index (κ1) is 29.3. The fourth-order valence-electron chi connectivity index (χ4n) is 4.75. The molecule has 0 spiro atoms. The van der Waals surface area contributed by atoms with E-state index in [0.29, 0.717) is 22.0 Å². The molecule has 0 fully saturated rings. The minimum atomic E-state index is -4.20. The van der Waals surface area contributed by atoms with Crippen molar-refractivity contribution in [2.45, 2.75) is 51.8 Å². The van der Waals surface area contributed by atoms with E-state index in [4.69, 9.17) is 15.4 Å². The van der Waals surface area contributed by atoms with E-state index in [2.05, 4.69) is 4.98 Å². The first-order chi connectivity index (χ1) is 19.0. The molecule has 1 heterocycles. The van der Waals surface area contributed by atoms with E-state index >= 15 is 0 Å². The first-order valence-electron chi connectivity index (χ1n) is 13.0. The summed E-state index contributed by atoms with van der Waals surface area (Å²) in [5, 5.41) is 1.59. The molecule has 1 unspecified atom stereocenters. The van der Waals surface area contributed by atoms with Gasteiger partial charge in [0.15, 0.2) is 0 Å². The number of carbonyl (C=O) groups excluding carboxylic acids is 1. The van der Waals surface area contributed by atoms with Gasteiger partial charge in [-0.05, 0) is 77.7 Å². The summed E-state index contributed by atoms with van der Waals surface area (Å²) in [7, 11) is -2.66. The molecular weight excluding hydrogens is 528 g/mol. The number of sulfonamides is 1. The molecule has 212 valence electrons. The molecular formula is C30H36N4O5S. The number of rotatable bonds is 11.